The van der Waals surface area contributed by atoms with Crippen LogP contribution in [0.2, 0.25) is 0 Å². The van der Waals surface area contributed by atoms with Crippen molar-refractivity contribution in [2.45, 2.75) is 13.0 Å². The lowest BCUT2D eigenvalue weighted by Crippen LogP contribution is -2.18. The van der Waals surface area contributed by atoms with Gasteiger partial charge in [-0.1, -0.05) is 36.4 Å². The van der Waals surface area contributed by atoms with E-state index in [0.717, 1.165) is 10.8 Å². The van der Waals surface area contributed by atoms with Crippen molar-refractivity contribution in [1.29, 1.82) is 0 Å². The predicted molar refractivity (Wildman–Crippen MR) is 65.7 cm³/mol. The van der Waals surface area contributed by atoms with Crippen LogP contribution in [0.5, 0.6) is 0 Å². The number of carbonyl (C=O) groups is 1. The molecule has 3 nitrogen and oxygen atoms in total. The zero-order chi connectivity index (χ0) is 12.4. The van der Waals surface area contributed by atoms with Crippen LogP contribution in [0.4, 0.5) is 0 Å². The lowest BCUT2D eigenvalue weighted by Gasteiger charge is -2.15. The maximum atomic E-state index is 10.8. The normalized spacial score (nSPS) is 14.5. The van der Waals surface area contributed by atoms with Gasteiger partial charge in [0.05, 0.1) is 12.0 Å². The molecule has 0 aromatic heterocycles. The van der Waals surface area contributed by atoms with E-state index >= 15 is 0 Å². The van der Waals surface area contributed by atoms with Crippen LogP contribution in [0.25, 0.3) is 10.8 Å². The summed E-state index contributed by atoms with van der Waals surface area (Å²) in [6.07, 6.45) is -0.975. The maximum Gasteiger partial charge on any atom is 0.309 e. The fourth-order valence-corrected chi connectivity index (χ4v) is 1.82. The molecule has 2 rings (SSSR count). The zero-order valence-electron chi connectivity index (χ0n) is 9.50. The van der Waals surface area contributed by atoms with Crippen molar-refractivity contribution in [3.8, 4) is 0 Å². The number of fused-ring (bicyclic) bond motifs is 1. The molecule has 0 aliphatic rings. The van der Waals surface area contributed by atoms with E-state index in [1.165, 1.54) is 6.92 Å². The first-order valence-corrected chi connectivity index (χ1v) is 5.49. The topological polar surface area (TPSA) is 57.5 Å². The highest BCUT2D eigenvalue weighted by atomic mass is 16.4. The van der Waals surface area contributed by atoms with E-state index in [1.54, 1.807) is 6.07 Å². The lowest BCUT2D eigenvalue weighted by atomic mass is 9.95. The van der Waals surface area contributed by atoms with Crippen molar-refractivity contribution in [3.05, 3.63) is 48.0 Å². The van der Waals surface area contributed by atoms with Gasteiger partial charge in [0.15, 0.2) is 0 Å². The average molecular weight is 230 g/mol. The van der Waals surface area contributed by atoms with Crippen LogP contribution in [0.15, 0.2) is 42.5 Å². The Balaban J connectivity index is 2.39. The number of aliphatic hydroxyl groups is 1. The van der Waals surface area contributed by atoms with E-state index in [4.69, 9.17) is 5.11 Å². The standard InChI is InChI=1S/C14H14O3/c1-9(14(16)17)13(15)12-7-6-10-4-2-3-5-11(10)8-12/h2-9,13,15H,1H3,(H,16,17). The highest BCUT2D eigenvalue weighted by Gasteiger charge is 2.22. The molecular formula is C14H14O3. The van der Waals surface area contributed by atoms with Crippen LogP contribution in [0.3, 0.4) is 0 Å². The average Bonchev–Trinajstić information content (AvgIpc) is 2.36. The highest BCUT2D eigenvalue weighted by molar-refractivity contribution is 5.83. The number of aliphatic carboxylic acids is 1. The van der Waals surface area contributed by atoms with Crippen molar-refractivity contribution < 1.29 is 15.0 Å². The number of aliphatic hydroxyl groups excluding tert-OH is 1. The van der Waals surface area contributed by atoms with Gasteiger partial charge in [-0.15, -0.1) is 0 Å². The van der Waals surface area contributed by atoms with E-state index in [9.17, 15) is 9.90 Å². The zero-order valence-corrected chi connectivity index (χ0v) is 9.50. The Bertz CT molecular complexity index is 548. The molecule has 2 atom stereocenters. The number of benzene rings is 2. The summed E-state index contributed by atoms with van der Waals surface area (Å²) in [6.45, 7) is 1.50. The van der Waals surface area contributed by atoms with Gasteiger partial charge in [0.1, 0.15) is 0 Å². The Morgan fingerprint density at radius 3 is 2.41 bits per heavy atom. The second kappa shape index (κ2) is 4.55. The molecule has 17 heavy (non-hydrogen) atoms. The Morgan fingerprint density at radius 2 is 1.76 bits per heavy atom. The minimum absolute atomic E-state index is 0.638. The molecule has 2 N–H and O–H groups in total. The fourth-order valence-electron chi connectivity index (χ4n) is 1.82. The molecule has 2 unspecified atom stereocenters. The summed E-state index contributed by atoms with van der Waals surface area (Å²) < 4.78 is 0. The van der Waals surface area contributed by atoms with Crippen LogP contribution < -0.4 is 0 Å². The SMILES string of the molecule is CC(C(=O)O)C(O)c1ccc2ccccc2c1. The summed E-state index contributed by atoms with van der Waals surface area (Å²) in [4.78, 5) is 10.8. The molecule has 88 valence electrons. The van der Waals surface area contributed by atoms with Crippen molar-refractivity contribution in [1.82, 2.24) is 0 Å². The third-order valence-electron chi connectivity index (χ3n) is 2.98. The number of hydrogen-bond donors (Lipinski definition) is 2. The van der Waals surface area contributed by atoms with Crippen molar-refractivity contribution >= 4 is 16.7 Å². The molecule has 0 aliphatic heterocycles. The maximum absolute atomic E-state index is 10.8. The molecule has 3 heteroatoms. The molecule has 0 spiro atoms. The van der Waals surface area contributed by atoms with Gasteiger partial charge in [-0.3, -0.25) is 4.79 Å². The van der Waals surface area contributed by atoms with E-state index in [1.807, 2.05) is 36.4 Å². The van der Waals surface area contributed by atoms with Gasteiger partial charge in [-0.25, -0.2) is 0 Å². The van der Waals surface area contributed by atoms with E-state index in [0.29, 0.717) is 5.56 Å². The van der Waals surface area contributed by atoms with Crippen LogP contribution in [0.1, 0.15) is 18.6 Å². The monoisotopic (exact) mass is 230 g/mol. The van der Waals surface area contributed by atoms with Crippen molar-refractivity contribution in [2.24, 2.45) is 5.92 Å². The second-order valence-electron chi connectivity index (χ2n) is 4.18. The molecular weight excluding hydrogens is 216 g/mol. The first kappa shape index (κ1) is 11.6. The number of carboxylic acids is 1. The Kier molecular flexibility index (Phi) is 3.11. The first-order chi connectivity index (χ1) is 8.09. The number of hydrogen-bond acceptors (Lipinski definition) is 2. The van der Waals surface area contributed by atoms with Crippen LogP contribution in [-0.4, -0.2) is 16.2 Å². The summed E-state index contributed by atoms with van der Waals surface area (Å²) in [5.41, 5.74) is 0.638. The Morgan fingerprint density at radius 1 is 1.12 bits per heavy atom. The smallest absolute Gasteiger partial charge is 0.309 e. The van der Waals surface area contributed by atoms with Crippen LogP contribution in [-0.2, 0) is 4.79 Å². The third kappa shape index (κ3) is 2.29. The predicted octanol–water partition coefficient (Wildman–Crippen LogP) is 2.59. The van der Waals surface area contributed by atoms with Gasteiger partial charge < -0.3 is 10.2 Å². The van der Waals surface area contributed by atoms with Crippen molar-refractivity contribution in [3.63, 3.8) is 0 Å². The molecule has 0 saturated carbocycles. The largest absolute Gasteiger partial charge is 0.481 e. The van der Waals surface area contributed by atoms with Crippen LogP contribution in [0, 0.1) is 5.92 Å². The fraction of sp³-hybridized carbons (Fsp3) is 0.214. The van der Waals surface area contributed by atoms with Crippen LogP contribution >= 0.6 is 0 Å². The molecule has 0 aliphatic carbocycles. The summed E-state index contributed by atoms with van der Waals surface area (Å²) in [5.74, 6) is -1.80. The molecule has 0 amide bonds. The Labute approximate surface area is 99.3 Å². The molecule has 2 aromatic carbocycles. The summed E-state index contributed by atoms with van der Waals surface area (Å²) >= 11 is 0. The molecule has 2 aromatic rings. The quantitative estimate of drug-likeness (QED) is 0.852. The third-order valence-corrected chi connectivity index (χ3v) is 2.98. The molecule has 0 heterocycles. The number of carboxylic acid groups (broad SMARTS) is 1. The van der Waals surface area contributed by atoms with Gasteiger partial charge in [0.25, 0.3) is 0 Å². The summed E-state index contributed by atoms with van der Waals surface area (Å²) in [6, 6.07) is 13.3. The van der Waals surface area contributed by atoms with Gasteiger partial charge in [0, 0.05) is 0 Å². The Hall–Kier alpha value is -1.87. The number of rotatable bonds is 3. The lowest BCUT2D eigenvalue weighted by molar-refractivity contribution is -0.145. The van der Waals surface area contributed by atoms with Gasteiger partial charge in [-0.2, -0.15) is 0 Å². The van der Waals surface area contributed by atoms with Gasteiger partial charge in [0.2, 0.25) is 0 Å². The minimum Gasteiger partial charge on any atom is -0.481 e. The van der Waals surface area contributed by atoms with E-state index in [2.05, 4.69) is 0 Å². The van der Waals surface area contributed by atoms with E-state index < -0.39 is 18.0 Å². The van der Waals surface area contributed by atoms with Crippen molar-refractivity contribution in [2.75, 3.05) is 0 Å². The molecule has 0 bridgehead atoms. The van der Waals surface area contributed by atoms with Gasteiger partial charge >= 0.3 is 5.97 Å². The minimum atomic E-state index is -0.995. The second-order valence-corrected chi connectivity index (χ2v) is 4.18. The first-order valence-electron chi connectivity index (χ1n) is 5.49. The molecule has 0 saturated heterocycles. The molecule has 0 fully saturated rings. The summed E-state index contributed by atoms with van der Waals surface area (Å²) in [7, 11) is 0. The molecule has 0 radical (unpaired) electrons. The van der Waals surface area contributed by atoms with Gasteiger partial charge in [-0.05, 0) is 29.3 Å². The summed E-state index contributed by atoms with van der Waals surface area (Å²) in [5, 5.41) is 20.9. The highest BCUT2D eigenvalue weighted by Crippen LogP contribution is 2.25. The van der Waals surface area contributed by atoms with E-state index in [-0.39, 0.29) is 0 Å².